The van der Waals surface area contributed by atoms with Crippen molar-refractivity contribution in [1.82, 2.24) is 0 Å². The van der Waals surface area contributed by atoms with Crippen molar-refractivity contribution in [3.63, 3.8) is 0 Å². The van der Waals surface area contributed by atoms with Crippen LogP contribution in [0.4, 0.5) is 0 Å². The number of ether oxygens (including phenoxy) is 1. The van der Waals surface area contributed by atoms with Gasteiger partial charge in [0.1, 0.15) is 11.5 Å². The summed E-state index contributed by atoms with van der Waals surface area (Å²) in [6, 6.07) is 66.7. The van der Waals surface area contributed by atoms with Crippen LogP contribution in [0.1, 0.15) is 22.3 Å². The summed E-state index contributed by atoms with van der Waals surface area (Å²) in [5, 5.41) is 10.1. The molecule has 0 bridgehead atoms. The van der Waals surface area contributed by atoms with E-state index in [2.05, 4.69) is 182 Å². The summed E-state index contributed by atoms with van der Waals surface area (Å²) in [4.78, 5) is 0. The molecule has 50 heavy (non-hydrogen) atoms. The fourth-order valence-corrected chi connectivity index (χ4v) is 8.62. The predicted octanol–water partition coefficient (Wildman–Crippen LogP) is 12.8. The van der Waals surface area contributed by atoms with Gasteiger partial charge < -0.3 is 4.74 Å². The van der Waals surface area contributed by atoms with Crippen LogP contribution in [0, 0.1) is 0 Å². The molecule has 0 aliphatic carbocycles. The molecule has 0 amide bonds. The number of rotatable bonds is 5. The van der Waals surface area contributed by atoms with Crippen LogP contribution in [-0.4, -0.2) is 0 Å². The molecular formula is C49H34O. The van der Waals surface area contributed by atoms with Gasteiger partial charge >= 0.3 is 0 Å². The number of fused-ring (bicyclic) bond motifs is 9. The van der Waals surface area contributed by atoms with E-state index in [0.717, 1.165) is 24.3 Å². The minimum atomic E-state index is -0.391. The Balaban J connectivity index is 1.16. The maximum Gasteiger partial charge on any atom is 0.132 e. The Bertz CT molecular complexity index is 2640. The molecule has 0 saturated carbocycles. The molecule has 0 N–H and O–H groups in total. The number of hydrogen-bond acceptors (Lipinski definition) is 1. The maximum absolute atomic E-state index is 6.86. The SMILES string of the molecule is c1ccc(CC2(Cc3ccc(-c4ccc5c(ccc6ccccc65)c4)cc3)c3c(ccc4ccccc34)Oc3ccc4ccccc4c32)cc1. The predicted molar refractivity (Wildman–Crippen MR) is 209 cm³/mol. The van der Waals surface area contributed by atoms with Crippen LogP contribution in [0.3, 0.4) is 0 Å². The Morgan fingerprint density at radius 3 is 1.44 bits per heavy atom. The fraction of sp³-hybridized carbons (Fsp3) is 0.0612. The van der Waals surface area contributed by atoms with Gasteiger partial charge in [0.15, 0.2) is 0 Å². The third-order valence-corrected chi connectivity index (χ3v) is 10.8. The average molecular weight is 639 g/mol. The zero-order valence-corrected chi connectivity index (χ0v) is 27.6. The lowest BCUT2D eigenvalue weighted by atomic mass is 9.63. The van der Waals surface area contributed by atoms with Gasteiger partial charge in [-0.25, -0.2) is 0 Å². The lowest BCUT2D eigenvalue weighted by Gasteiger charge is -2.42. The Hall–Kier alpha value is -6.18. The van der Waals surface area contributed by atoms with E-state index < -0.39 is 5.41 Å². The lowest BCUT2D eigenvalue weighted by molar-refractivity contribution is 0.391. The zero-order chi connectivity index (χ0) is 33.1. The van der Waals surface area contributed by atoms with Crippen LogP contribution >= 0.6 is 0 Å². The minimum absolute atomic E-state index is 0.391. The van der Waals surface area contributed by atoms with E-state index in [0.29, 0.717) is 0 Å². The van der Waals surface area contributed by atoms with Crippen molar-refractivity contribution in [2.75, 3.05) is 0 Å². The van der Waals surface area contributed by atoms with Gasteiger partial charge in [-0.05, 0) is 96.4 Å². The van der Waals surface area contributed by atoms with Crippen molar-refractivity contribution < 1.29 is 4.74 Å². The van der Waals surface area contributed by atoms with E-state index in [9.17, 15) is 0 Å². The molecule has 236 valence electrons. The van der Waals surface area contributed by atoms with Gasteiger partial charge in [0.25, 0.3) is 0 Å². The Morgan fingerprint density at radius 1 is 0.340 bits per heavy atom. The second-order valence-corrected chi connectivity index (χ2v) is 13.8. The van der Waals surface area contributed by atoms with E-state index in [-0.39, 0.29) is 0 Å². The molecule has 0 aromatic heterocycles. The second-order valence-electron chi connectivity index (χ2n) is 13.8. The number of benzene rings is 9. The summed E-state index contributed by atoms with van der Waals surface area (Å²) in [5.41, 5.74) is 7.23. The summed E-state index contributed by atoms with van der Waals surface area (Å²) in [6.07, 6.45) is 1.68. The van der Waals surface area contributed by atoms with Crippen molar-refractivity contribution in [3.8, 4) is 22.6 Å². The van der Waals surface area contributed by atoms with E-state index in [1.54, 1.807) is 0 Å². The summed E-state index contributed by atoms with van der Waals surface area (Å²) in [6.45, 7) is 0. The Kier molecular flexibility index (Phi) is 6.60. The molecule has 1 aliphatic heterocycles. The first-order valence-electron chi connectivity index (χ1n) is 17.5. The molecule has 10 rings (SSSR count). The van der Waals surface area contributed by atoms with Crippen molar-refractivity contribution in [2.45, 2.75) is 18.3 Å². The van der Waals surface area contributed by atoms with Crippen molar-refractivity contribution in [2.24, 2.45) is 0 Å². The van der Waals surface area contributed by atoms with E-state index in [1.165, 1.54) is 76.5 Å². The molecule has 0 spiro atoms. The monoisotopic (exact) mass is 638 g/mol. The smallest absolute Gasteiger partial charge is 0.132 e. The van der Waals surface area contributed by atoms with Gasteiger partial charge in [0, 0.05) is 16.5 Å². The molecule has 0 atom stereocenters. The molecule has 1 aliphatic rings. The summed E-state index contributed by atoms with van der Waals surface area (Å²) >= 11 is 0. The molecule has 0 radical (unpaired) electrons. The molecular weight excluding hydrogens is 605 g/mol. The van der Waals surface area contributed by atoms with Gasteiger partial charge in [0.2, 0.25) is 0 Å². The standard InChI is InChI=1S/C49H34O/c1-2-10-33(11-3-1)31-49(32-34-18-20-35(21-19-34)39-24-27-42-40(30-39)23-22-36-12-4-7-15-41(36)42)47-43-16-8-5-13-37(43)25-28-45(47)50-46-29-26-38-14-6-9-17-44(38)48(46)49/h1-30H,31-32H2. The zero-order valence-electron chi connectivity index (χ0n) is 27.6. The molecule has 1 heteroatoms. The molecule has 0 unspecified atom stereocenters. The highest BCUT2D eigenvalue weighted by Crippen LogP contribution is 2.55. The first-order valence-corrected chi connectivity index (χ1v) is 17.5. The van der Waals surface area contributed by atoms with Gasteiger partial charge in [-0.1, -0.05) is 164 Å². The second kappa shape index (κ2) is 11.5. The van der Waals surface area contributed by atoms with Crippen LogP contribution in [0.5, 0.6) is 11.5 Å². The van der Waals surface area contributed by atoms with Crippen LogP contribution < -0.4 is 4.74 Å². The van der Waals surface area contributed by atoms with Gasteiger partial charge in [-0.15, -0.1) is 0 Å². The largest absolute Gasteiger partial charge is 0.457 e. The van der Waals surface area contributed by atoms with Gasteiger partial charge in [-0.2, -0.15) is 0 Å². The molecule has 9 aromatic rings. The highest BCUT2D eigenvalue weighted by Gasteiger charge is 2.44. The normalized spacial score (nSPS) is 13.3. The lowest BCUT2D eigenvalue weighted by Crippen LogP contribution is -2.37. The highest BCUT2D eigenvalue weighted by molar-refractivity contribution is 6.08. The van der Waals surface area contributed by atoms with E-state index >= 15 is 0 Å². The summed E-state index contributed by atoms with van der Waals surface area (Å²) < 4.78 is 6.86. The fourth-order valence-electron chi connectivity index (χ4n) is 8.62. The van der Waals surface area contributed by atoms with E-state index in [4.69, 9.17) is 4.74 Å². The third kappa shape index (κ3) is 4.62. The maximum atomic E-state index is 6.86. The molecule has 1 heterocycles. The molecule has 0 fully saturated rings. The summed E-state index contributed by atoms with van der Waals surface area (Å²) in [7, 11) is 0. The van der Waals surface area contributed by atoms with Crippen molar-refractivity contribution >= 4 is 43.1 Å². The highest BCUT2D eigenvalue weighted by atomic mass is 16.5. The first kappa shape index (κ1) is 28.8. The van der Waals surface area contributed by atoms with Gasteiger partial charge in [-0.3, -0.25) is 0 Å². The summed E-state index contributed by atoms with van der Waals surface area (Å²) in [5.74, 6) is 1.89. The quantitative estimate of drug-likeness (QED) is 0.170. The van der Waals surface area contributed by atoms with E-state index in [1.807, 2.05) is 0 Å². The Labute approximate surface area is 292 Å². The van der Waals surface area contributed by atoms with Crippen LogP contribution in [-0.2, 0) is 18.3 Å². The number of hydrogen-bond donors (Lipinski definition) is 0. The van der Waals surface area contributed by atoms with Crippen LogP contribution in [0.25, 0.3) is 54.2 Å². The average Bonchev–Trinajstić information content (AvgIpc) is 3.18. The Morgan fingerprint density at radius 2 is 0.800 bits per heavy atom. The van der Waals surface area contributed by atoms with Crippen molar-refractivity contribution in [1.29, 1.82) is 0 Å². The third-order valence-electron chi connectivity index (χ3n) is 10.8. The van der Waals surface area contributed by atoms with Crippen molar-refractivity contribution in [3.05, 3.63) is 204 Å². The first-order chi connectivity index (χ1) is 24.7. The van der Waals surface area contributed by atoms with Crippen LogP contribution in [0.2, 0.25) is 0 Å². The molecule has 9 aromatic carbocycles. The van der Waals surface area contributed by atoms with Crippen LogP contribution in [0.15, 0.2) is 182 Å². The van der Waals surface area contributed by atoms with Gasteiger partial charge in [0.05, 0.1) is 0 Å². The minimum Gasteiger partial charge on any atom is -0.457 e. The topological polar surface area (TPSA) is 9.23 Å². The molecule has 1 nitrogen and oxygen atoms in total. The molecule has 0 saturated heterocycles.